The normalized spacial score (nSPS) is 16.7. The summed E-state index contributed by atoms with van der Waals surface area (Å²) in [5.74, 6) is -0.256. The molecule has 4 heterocycles. The number of aromatic nitrogens is 2. The summed E-state index contributed by atoms with van der Waals surface area (Å²) in [5.41, 5.74) is 1.35. The summed E-state index contributed by atoms with van der Waals surface area (Å²) >= 11 is 2.56. The van der Waals surface area contributed by atoms with Gasteiger partial charge in [0.25, 0.3) is 5.91 Å². The number of carbonyl (C=O) groups is 3. The van der Waals surface area contributed by atoms with E-state index in [0.717, 1.165) is 4.88 Å². The van der Waals surface area contributed by atoms with Gasteiger partial charge in [0.1, 0.15) is 0 Å². The zero-order valence-corrected chi connectivity index (χ0v) is 19.2. The number of carbonyl (C=O) groups excluding carboxylic acids is 3. The lowest BCUT2D eigenvalue weighted by Crippen LogP contribution is -2.46. The maximum Gasteiger partial charge on any atom is 0.321 e. The zero-order valence-electron chi connectivity index (χ0n) is 17.6. The van der Waals surface area contributed by atoms with E-state index in [0.29, 0.717) is 74.1 Å². The topological polar surface area (TPSA) is 126 Å². The third-order valence-corrected chi connectivity index (χ3v) is 6.92. The first kappa shape index (κ1) is 22.6. The van der Waals surface area contributed by atoms with E-state index in [2.05, 4.69) is 20.6 Å². The van der Waals surface area contributed by atoms with Crippen molar-refractivity contribution in [2.75, 3.05) is 64.5 Å². The molecule has 2 saturated heterocycles. The maximum absolute atomic E-state index is 12.6. The highest BCUT2D eigenvalue weighted by Gasteiger charge is 2.23. The SMILES string of the molecule is Cc1nc(NC(=O)NCC(=O)N2CCOCC2)sc1-c1csc(C(=O)N2CCOCC2)n1. The Morgan fingerprint density at radius 2 is 1.69 bits per heavy atom. The predicted octanol–water partition coefficient (Wildman–Crippen LogP) is 1.03. The first-order chi connectivity index (χ1) is 15.5. The van der Waals surface area contributed by atoms with Crippen LogP contribution in [0.3, 0.4) is 0 Å². The second-order valence-corrected chi connectivity index (χ2v) is 9.03. The van der Waals surface area contributed by atoms with Gasteiger partial charge in [0.15, 0.2) is 10.1 Å². The molecule has 0 aromatic carbocycles. The number of morpholine rings is 2. The molecule has 172 valence electrons. The van der Waals surface area contributed by atoms with E-state index >= 15 is 0 Å². The molecule has 2 aromatic heterocycles. The Balaban J connectivity index is 1.33. The molecule has 0 atom stereocenters. The van der Waals surface area contributed by atoms with Crippen LogP contribution in [-0.4, -0.2) is 96.8 Å². The number of hydrogen-bond donors (Lipinski definition) is 2. The number of thiazole rings is 2. The van der Waals surface area contributed by atoms with Crippen LogP contribution in [0.1, 0.15) is 15.5 Å². The molecule has 4 rings (SSSR count). The van der Waals surface area contributed by atoms with Gasteiger partial charge in [-0.05, 0) is 6.92 Å². The van der Waals surface area contributed by atoms with Gasteiger partial charge >= 0.3 is 6.03 Å². The molecule has 32 heavy (non-hydrogen) atoms. The van der Waals surface area contributed by atoms with Gasteiger partial charge in [0, 0.05) is 31.6 Å². The average molecular weight is 481 g/mol. The monoisotopic (exact) mass is 480 g/mol. The molecule has 13 heteroatoms. The van der Waals surface area contributed by atoms with E-state index < -0.39 is 6.03 Å². The fraction of sp³-hybridized carbons (Fsp3) is 0.526. The van der Waals surface area contributed by atoms with Gasteiger partial charge in [-0.25, -0.2) is 14.8 Å². The predicted molar refractivity (Wildman–Crippen MR) is 119 cm³/mol. The largest absolute Gasteiger partial charge is 0.378 e. The van der Waals surface area contributed by atoms with Crippen molar-refractivity contribution in [3.05, 3.63) is 16.1 Å². The van der Waals surface area contributed by atoms with Crippen molar-refractivity contribution in [2.24, 2.45) is 0 Å². The van der Waals surface area contributed by atoms with Gasteiger partial charge in [0.2, 0.25) is 5.91 Å². The smallest absolute Gasteiger partial charge is 0.321 e. The van der Waals surface area contributed by atoms with Crippen LogP contribution in [0.4, 0.5) is 9.93 Å². The summed E-state index contributed by atoms with van der Waals surface area (Å²) in [7, 11) is 0. The second-order valence-electron chi connectivity index (χ2n) is 7.18. The number of rotatable bonds is 5. The minimum atomic E-state index is -0.506. The molecule has 0 aliphatic carbocycles. The lowest BCUT2D eigenvalue weighted by atomic mass is 10.3. The molecule has 0 spiro atoms. The Bertz CT molecular complexity index is 981. The van der Waals surface area contributed by atoms with Crippen molar-refractivity contribution in [1.82, 2.24) is 25.1 Å². The number of anilines is 1. The van der Waals surface area contributed by atoms with E-state index in [4.69, 9.17) is 9.47 Å². The fourth-order valence-electron chi connectivity index (χ4n) is 3.29. The summed E-state index contributed by atoms with van der Waals surface area (Å²) in [4.78, 5) is 50.0. The van der Waals surface area contributed by atoms with Gasteiger partial charge in [-0.1, -0.05) is 11.3 Å². The highest BCUT2D eigenvalue weighted by Crippen LogP contribution is 2.33. The van der Waals surface area contributed by atoms with Crippen molar-refractivity contribution in [2.45, 2.75) is 6.92 Å². The van der Waals surface area contributed by atoms with E-state index in [1.54, 1.807) is 9.80 Å². The summed E-state index contributed by atoms with van der Waals surface area (Å²) < 4.78 is 10.5. The van der Waals surface area contributed by atoms with Crippen molar-refractivity contribution >= 4 is 45.7 Å². The van der Waals surface area contributed by atoms with E-state index in [1.165, 1.54) is 22.7 Å². The van der Waals surface area contributed by atoms with Crippen molar-refractivity contribution < 1.29 is 23.9 Å². The van der Waals surface area contributed by atoms with Crippen LogP contribution >= 0.6 is 22.7 Å². The van der Waals surface area contributed by atoms with E-state index in [9.17, 15) is 14.4 Å². The molecule has 2 aliphatic heterocycles. The first-order valence-corrected chi connectivity index (χ1v) is 11.9. The number of nitrogens with zero attached hydrogens (tertiary/aromatic N) is 4. The van der Waals surface area contributed by atoms with Crippen molar-refractivity contribution in [3.63, 3.8) is 0 Å². The van der Waals surface area contributed by atoms with Crippen LogP contribution in [0, 0.1) is 6.92 Å². The summed E-state index contributed by atoms with van der Waals surface area (Å²) in [6.45, 7) is 5.99. The Morgan fingerprint density at radius 1 is 1.03 bits per heavy atom. The fourth-order valence-corrected chi connectivity index (χ4v) is 5.06. The van der Waals surface area contributed by atoms with Crippen molar-refractivity contribution in [1.29, 1.82) is 0 Å². The van der Waals surface area contributed by atoms with Crippen molar-refractivity contribution in [3.8, 4) is 10.6 Å². The lowest BCUT2D eigenvalue weighted by molar-refractivity contribution is -0.134. The van der Waals surface area contributed by atoms with E-state index in [1.807, 2.05) is 12.3 Å². The highest BCUT2D eigenvalue weighted by atomic mass is 32.1. The summed E-state index contributed by atoms with van der Waals surface area (Å²) in [6.07, 6.45) is 0. The van der Waals surface area contributed by atoms with Gasteiger partial charge in [0.05, 0.1) is 49.2 Å². The quantitative estimate of drug-likeness (QED) is 0.655. The van der Waals surface area contributed by atoms with Gasteiger partial charge in [-0.2, -0.15) is 0 Å². The lowest BCUT2D eigenvalue weighted by Gasteiger charge is -2.26. The number of urea groups is 1. The Labute approximate surface area is 192 Å². The molecule has 4 amide bonds. The molecule has 2 fully saturated rings. The minimum absolute atomic E-state index is 0.0951. The standard InChI is InChI=1S/C19H24N6O5S2/c1-12-15(13-11-31-16(22-13)17(27)25-4-8-30-9-5-25)32-19(21-12)23-18(28)20-10-14(26)24-2-6-29-7-3-24/h11H,2-10H2,1H3,(H2,20,21,23,28). The summed E-state index contributed by atoms with van der Waals surface area (Å²) in [5, 5.41) is 7.85. The maximum atomic E-state index is 12.6. The zero-order chi connectivity index (χ0) is 22.5. The van der Waals surface area contributed by atoms with Crippen LogP contribution in [0.25, 0.3) is 10.6 Å². The molecule has 0 unspecified atom stereocenters. The third kappa shape index (κ3) is 5.41. The first-order valence-electron chi connectivity index (χ1n) is 10.2. The Kier molecular flexibility index (Phi) is 7.29. The number of nitrogens with one attached hydrogen (secondary N) is 2. The highest BCUT2D eigenvalue weighted by molar-refractivity contribution is 7.19. The Hall–Kier alpha value is -2.61. The van der Waals surface area contributed by atoms with Crippen LogP contribution in [-0.2, 0) is 14.3 Å². The van der Waals surface area contributed by atoms with Gasteiger partial charge in [-0.3, -0.25) is 14.9 Å². The minimum Gasteiger partial charge on any atom is -0.378 e. The molecular formula is C19H24N6O5S2. The molecule has 0 saturated carbocycles. The van der Waals surface area contributed by atoms with Crippen LogP contribution in [0.5, 0.6) is 0 Å². The average Bonchev–Trinajstić information content (AvgIpc) is 3.44. The van der Waals surface area contributed by atoms with Crippen LogP contribution in [0.2, 0.25) is 0 Å². The number of aryl methyl sites for hydroxylation is 1. The van der Waals surface area contributed by atoms with Gasteiger partial charge in [-0.15, -0.1) is 11.3 Å². The number of amides is 4. The molecule has 0 bridgehead atoms. The van der Waals surface area contributed by atoms with Crippen LogP contribution in [0.15, 0.2) is 5.38 Å². The van der Waals surface area contributed by atoms with Gasteiger partial charge < -0.3 is 24.6 Å². The number of ether oxygens (including phenoxy) is 2. The molecule has 11 nitrogen and oxygen atoms in total. The molecule has 0 radical (unpaired) electrons. The molecule has 2 aromatic rings. The molecule has 2 aliphatic rings. The number of hydrogen-bond acceptors (Lipinski definition) is 9. The van der Waals surface area contributed by atoms with E-state index in [-0.39, 0.29) is 18.4 Å². The Morgan fingerprint density at radius 3 is 2.38 bits per heavy atom. The second kappa shape index (κ2) is 10.3. The molecule has 2 N–H and O–H groups in total. The summed E-state index contributed by atoms with van der Waals surface area (Å²) in [6, 6.07) is -0.506. The molecular weight excluding hydrogens is 456 g/mol. The third-order valence-electron chi connectivity index (χ3n) is 5.00. The van der Waals surface area contributed by atoms with Crippen LogP contribution < -0.4 is 10.6 Å².